The Kier molecular flexibility index (Phi) is 11.8. The minimum Gasteiger partial charge on any atom is -0.480 e. The Hall–Kier alpha value is -1.89. The topological polar surface area (TPSA) is 191 Å². The van der Waals surface area contributed by atoms with Gasteiger partial charge in [-0.3, -0.25) is 14.4 Å². The number of hydrogen-bond acceptors (Lipinski definition) is 8. The third-order valence-electron chi connectivity index (χ3n) is 3.98. The lowest BCUT2D eigenvalue weighted by atomic mass is 10.0. The summed E-state index contributed by atoms with van der Waals surface area (Å²) in [5.41, 5.74) is 5.52. The summed E-state index contributed by atoms with van der Waals surface area (Å²) < 4.78 is 0. The molecule has 0 spiro atoms. The van der Waals surface area contributed by atoms with E-state index >= 15 is 0 Å². The number of amides is 3. The molecule has 12 heteroatoms. The Balaban J connectivity index is 5.32. The predicted molar refractivity (Wildman–Crippen MR) is 108 cm³/mol. The predicted octanol–water partition coefficient (Wildman–Crippen LogP) is -2.41. The molecule has 0 bridgehead atoms. The molecule has 6 atom stereocenters. The van der Waals surface area contributed by atoms with E-state index in [1.165, 1.54) is 13.8 Å². The molecule has 0 aliphatic heterocycles. The molecule has 0 saturated carbocycles. The van der Waals surface area contributed by atoms with Gasteiger partial charge < -0.3 is 37.0 Å². The summed E-state index contributed by atoms with van der Waals surface area (Å²) in [6.07, 6.45) is -2.57. The second kappa shape index (κ2) is 12.6. The summed E-state index contributed by atoms with van der Waals surface area (Å²) in [6, 6.07) is -5.18. The van der Waals surface area contributed by atoms with Crippen LogP contribution in [-0.4, -0.2) is 81.1 Å². The van der Waals surface area contributed by atoms with Gasteiger partial charge in [0.15, 0.2) is 0 Å². The van der Waals surface area contributed by atoms with Gasteiger partial charge in [-0.15, -0.1) is 0 Å². The summed E-state index contributed by atoms with van der Waals surface area (Å²) >= 11 is 3.88. The standard InChI is InChI=1S/C17H32N4O7S/c1-7(2)5-11(17(27)28)19-15(25)12(8(3)22)21-16(26)13(9(4)23)20-14(24)10(18)6-29/h7-13,22-23,29H,5-6,18H2,1-4H3,(H,19,25)(H,20,24)(H,21,26)(H,27,28). The van der Waals surface area contributed by atoms with Crippen molar-refractivity contribution < 1.29 is 34.5 Å². The fraction of sp³-hybridized carbons (Fsp3) is 0.765. The zero-order valence-corrected chi connectivity index (χ0v) is 17.8. The summed E-state index contributed by atoms with van der Waals surface area (Å²) in [6.45, 7) is 6.04. The van der Waals surface area contributed by atoms with Crippen molar-refractivity contribution in [2.45, 2.75) is 70.5 Å². The average Bonchev–Trinajstić information content (AvgIpc) is 2.61. The molecule has 0 aliphatic rings. The molecule has 8 N–H and O–H groups in total. The molecule has 29 heavy (non-hydrogen) atoms. The van der Waals surface area contributed by atoms with Crippen molar-refractivity contribution in [3.8, 4) is 0 Å². The van der Waals surface area contributed by atoms with Crippen LogP contribution in [0.2, 0.25) is 0 Å². The Bertz CT molecular complexity index is 586. The van der Waals surface area contributed by atoms with Gasteiger partial charge in [-0.1, -0.05) is 13.8 Å². The average molecular weight is 437 g/mol. The Labute approximate surface area is 175 Å². The second-order valence-electron chi connectivity index (χ2n) is 7.27. The fourth-order valence-corrected chi connectivity index (χ4v) is 2.52. The van der Waals surface area contributed by atoms with E-state index in [0.717, 1.165) is 0 Å². The van der Waals surface area contributed by atoms with Gasteiger partial charge in [0.25, 0.3) is 0 Å². The smallest absolute Gasteiger partial charge is 0.326 e. The molecule has 0 aromatic rings. The van der Waals surface area contributed by atoms with E-state index in [2.05, 4.69) is 28.6 Å². The van der Waals surface area contributed by atoms with Crippen LogP contribution in [-0.2, 0) is 19.2 Å². The molecule has 11 nitrogen and oxygen atoms in total. The van der Waals surface area contributed by atoms with Crippen LogP contribution in [0, 0.1) is 5.92 Å². The maximum atomic E-state index is 12.5. The summed E-state index contributed by atoms with van der Waals surface area (Å²) in [5, 5.41) is 35.7. The first-order valence-electron chi connectivity index (χ1n) is 9.18. The van der Waals surface area contributed by atoms with Gasteiger partial charge in [-0.2, -0.15) is 12.6 Å². The highest BCUT2D eigenvalue weighted by atomic mass is 32.1. The highest BCUT2D eigenvalue weighted by Gasteiger charge is 2.34. The van der Waals surface area contributed by atoms with Crippen LogP contribution in [0.3, 0.4) is 0 Å². The SMILES string of the molecule is CC(C)CC(NC(=O)C(NC(=O)C(NC(=O)C(N)CS)C(C)O)C(C)O)C(=O)O. The first-order valence-corrected chi connectivity index (χ1v) is 9.81. The van der Waals surface area contributed by atoms with Crippen LogP contribution in [0.1, 0.15) is 34.1 Å². The van der Waals surface area contributed by atoms with E-state index < -0.39 is 60.1 Å². The fourth-order valence-electron chi connectivity index (χ4n) is 2.35. The number of thiol groups is 1. The van der Waals surface area contributed by atoms with Crippen molar-refractivity contribution in [3.63, 3.8) is 0 Å². The molecule has 6 unspecified atom stereocenters. The van der Waals surface area contributed by atoms with E-state index in [1.54, 1.807) is 13.8 Å². The minimum absolute atomic E-state index is 0.00507. The first-order chi connectivity index (χ1) is 13.3. The maximum absolute atomic E-state index is 12.5. The Morgan fingerprint density at radius 2 is 1.28 bits per heavy atom. The molecule has 0 radical (unpaired) electrons. The van der Waals surface area contributed by atoms with Gasteiger partial charge in [0.2, 0.25) is 17.7 Å². The van der Waals surface area contributed by atoms with Gasteiger partial charge >= 0.3 is 5.97 Å². The van der Waals surface area contributed by atoms with E-state index in [9.17, 15) is 34.5 Å². The Morgan fingerprint density at radius 1 is 0.862 bits per heavy atom. The van der Waals surface area contributed by atoms with Crippen LogP contribution in [0.15, 0.2) is 0 Å². The molecule has 0 aromatic heterocycles. The van der Waals surface area contributed by atoms with Crippen molar-refractivity contribution in [1.29, 1.82) is 0 Å². The monoisotopic (exact) mass is 436 g/mol. The summed E-state index contributed by atoms with van der Waals surface area (Å²) in [7, 11) is 0. The van der Waals surface area contributed by atoms with E-state index in [0.29, 0.717) is 0 Å². The van der Waals surface area contributed by atoms with Crippen molar-refractivity contribution in [2.75, 3.05) is 5.75 Å². The molecule has 0 fully saturated rings. The van der Waals surface area contributed by atoms with Crippen LogP contribution in [0.5, 0.6) is 0 Å². The largest absolute Gasteiger partial charge is 0.480 e. The lowest BCUT2D eigenvalue weighted by Gasteiger charge is -2.27. The molecule has 168 valence electrons. The van der Waals surface area contributed by atoms with Crippen molar-refractivity contribution in [1.82, 2.24) is 16.0 Å². The minimum atomic E-state index is -1.51. The lowest BCUT2D eigenvalue weighted by molar-refractivity contribution is -0.143. The first kappa shape index (κ1) is 27.1. The zero-order valence-electron chi connectivity index (χ0n) is 17.0. The number of carbonyl (C=O) groups excluding carboxylic acids is 3. The van der Waals surface area contributed by atoms with Crippen LogP contribution >= 0.6 is 12.6 Å². The third-order valence-corrected chi connectivity index (χ3v) is 4.37. The molecule has 0 saturated heterocycles. The summed E-state index contributed by atoms with van der Waals surface area (Å²) in [4.78, 5) is 48.2. The molecule has 0 heterocycles. The van der Waals surface area contributed by atoms with Gasteiger partial charge in [-0.25, -0.2) is 4.79 Å². The Morgan fingerprint density at radius 3 is 1.62 bits per heavy atom. The number of hydrogen-bond donors (Lipinski definition) is 8. The molecular formula is C17H32N4O7S. The molecular weight excluding hydrogens is 404 g/mol. The van der Waals surface area contributed by atoms with Crippen LogP contribution in [0.4, 0.5) is 0 Å². The van der Waals surface area contributed by atoms with Gasteiger partial charge in [-0.05, 0) is 26.2 Å². The molecule has 3 amide bonds. The third kappa shape index (κ3) is 9.43. The normalized spacial score (nSPS) is 17.4. The van der Waals surface area contributed by atoms with E-state index in [4.69, 9.17) is 5.73 Å². The quantitative estimate of drug-likeness (QED) is 0.155. The highest BCUT2D eigenvalue weighted by Crippen LogP contribution is 2.06. The molecule has 0 aromatic carbocycles. The van der Waals surface area contributed by atoms with Crippen molar-refractivity contribution >= 4 is 36.3 Å². The lowest BCUT2D eigenvalue weighted by Crippen LogP contribution is -2.62. The number of aliphatic hydroxyl groups is 2. The number of aliphatic carboxylic acids is 1. The number of carboxylic acid groups (broad SMARTS) is 1. The van der Waals surface area contributed by atoms with Crippen molar-refractivity contribution in [2.24, 2.45) is 11.7 Å². The maximum Gasteiger partial charge on any atom is 0.326 e. The number of nitrogens with two attached hydrogens (primary N) is 1. The highest BCUT2D eigenvalue weighted by molar-refractivity contribution is 7.80. The van der Waals surface area contributed by atoms with Gasteiger partial charge in [0.1, 0.15) is 18.1 Å². The van der Waals surface area contributed by atoms with Crippen LogP contribution < -0.4 is 21.7 Å². The van der Waals surface area contributed by atoms with Gasteiger partial charge in [0, 0.05) is 5.75 Å². The number of carboxylic acids is 1. The molecule has 0 rings (SSSR count). The number of rotatable bonds is 12. The number of nitrogens with one attached hydrogen (secondary N) is 3. The van der Waals surface area contributed by atoms with Crippen molar-refractivity contribution in [3.05, 3.63) is 0 Å². The summed E-state index contributed by atoms with van der Waals surface area (Å²) in [5.74, 6) is -3.87. The zero-order chi connectivity index (χ0) is 22.9. The van der Waals surface area contributed by atoms with Gasteiger partial charge in [0.05, 0.1) is 18.2 Å². The van der Waals surface area contributed by atoms with E-state index in [1.807, 2.05) is 0 Å². The number of aliphatic hydroxyl groups excluding tert-OH is 2. The second-order valence-corrected chi connectivity index (χ2v) is 7.64. The number of carbonyl (C=O) groups is 4. The molecule has 0 aliphatic carbocycles. The van der Waals surface area contributed by atoms with E-state index in [-0.39, 0.29) is 18.1 Å². The van der Waals surface area contributed by atoms with Crippen LogP contribution in [0.25, 0.3) is 0 Å².